The van der Waals surface area contributed by atoms with E-state index in [2.05, 4.69) is 137 Å². The molecule has 0 fully saturated rings. The van der Waals surface area contributed by atoms with Crippen molar-refractivity contribution in [3.63, 3.8) is 0 Å². The van der Waals surface area contributed by atoms with Crippen molar-refractivity contribution in [2.45, 2.75) is 441 Å². The van der Waals surface area contributed by atoms with Crippen molar-refractivity contribution < 1.29 is 38.0 Å². The Morgan fingerprint density at radius 2 is 0.339 bits per heavy atom. The second-order valence-corrected chi connectivity index (χ2v) is 35.9. The normalized spacial score (nSPS) is 11.7. The van der Waals surface area contributed by atoms with Gasteiger partial charge in [-0.3, -0.25) is 9.59 Å². The lowest BCUT2D eigenvalue weighted by molar-refractivity contribution is -0.115. The van der Waals surface area contributed by atoms with Crippen LogP contribution in [0.2, 0.25) is 0 Å². The van der Waals surface area contributed by atoms with E-state index in [1.807, 2.05) is 48.5 Å². The maximum atomic E-state index is 12.0. The minimum Gasteiger partial charge on any atom is -0.493 e. The predicted octanol–water partition coefficient (Wildman–Crippen LogP) is 36.1. The molecule has 0 aliphatic heterocycles. The third kappa shape index (κ3) is 53.4. The first-order chi connectivity index (χ1) is 61.1. The van der Waals surface area contributed by atoms with Gasteiger partial charge >= 0.3 is 0 Å². The Hall–Kier alpha value is -7.20. The summed E-state index contributed by atoms with van der Waals surface area (Å²) in [6, 6.07) is 29.3. The highest BCUT2D eigenvalue weighted by atomic mass is 16.5. The van der Waals surface area contributed by atoms with Gasteiger partial charge in [-0.15, -0.1) is 0 Å². The van der Waals surface area contributed by atoms with Gasteiger partial charge in [-0.1, -0.05) is 461 Å². The second kappa shape index (κ2) is 74.8. The third-order valence-electron chi connectivity index (χ3n) is 24.2. The second-order valence-electron chi connectivity index (χ2n) is 35.9. The Balaban J connectivity index is 1.68. The molecule has 0 radical (unpaired) electrons. The van der Waals surface area contributed by atoms with Gasteiger partial charge < -0.3 is 39.1 Å². The molecule has 124 heavy (non-hydrogen) atoms. The molecule has 2 N–H and O–H groups in total. The van der Waals surface area contributed by atoms with E-state index in [9.17, 15) is 9.59 Å². The topological polar surface area (TPSA) is 114 Å². The number of unbranched alkanes of at least 4 members (excludes halogenated alkanes) is 54. The Morgan fingerprint density at radius 3 is 0.484 bits per heavy atom. The van der Waals surface area contributed by atoms with E-state index in [4.69, 9.17) is 28.4 Å². The lowest BCUT2D eigenvalue weighted by atomic mass is 10.0. The molecular weight excluding hydrogens is 1530 g/mol. The molecule has 5 aromatic rings. The van der Waals surface area contributed by atoms with E-state index in [1.54, 1.807) is 13.8 Å². The van der Waals surface area contributed by atoms with Gasteiger partial charge in [0.2, 0.25) is 11.8 Å². The number of hydrogen-bond acceptors (Lipinski definition) is 8. The van der Waals surface area contributed by atoms with Crippen LogP contribution in [0.4, 0.5) is 11.4 Å². The molecule has 10 heteroatoms. The molecule has 0 heterocycles. The lowest BCUT2D eigenvalue weighted by Crippen LogP contribution is -2.05. The van der Waals surface area contributed by atoms with Crippen molar-refractivity contribution in [2.75, 3.05) is 50.3 Å². The van der Waals surface area contributed by atoms with Crippen LogP contribution in [0.25, 0.3) is 48.6 Å². The van der Waals surface area contributed by atoms with Crippen LogP contribution in [0.1, 0.15) is 485 Å². The monoisotopic (exact) mass is 1710 g/mol. The van der Waals surface area contributed by atoms with E-state index in [0.717, 1.165) is 167 Å². The van der Waals surface area contributed by atoms with E-state index in [-0.39, 0.29) is 11.8 Å². The van der Waals surface area contributed by atoms with Crippen LogP contribution in [-0.2, 0) is 9.59 Å². The first-order valence-electron chi connectivity index (χ1n) is 51.9. The average molecular weight is 1710 g/mol. The molecule has 0 aliphatic rings. The summed E-state index contributed by atoms with van der Waals surface area (Å²) in [6.07, 6.45) is 92.7. The van der Waals surface area contributed by atoms with Gasteiger partial charge in [-0.25, -0.2) is 0 Å². The molecule has 10 nitrogen and oxygen atoms in total. The minimum atomic E-state index is -0.0870. The number of hydrogen-bond donors (Lipinski definition) is 2. The van der Waals surface area contributed by atoms with Crippen molar-refractivity contribution in [3.8, 4) is 34.5 Å². The van der Waals surface area contributed by atoms with Gasteiger partial charge in [-0.05, 0) is 110 Å². The summed E-state index contributed by atoms with van der Waals surface area (Å²) in [5.74, 6) is 4.74. The van der Waals surface area contributed by atoms with Crippen LogP contribution >= 0.6 is 0 Å². The van der Waals surface area contributed by atoms with Gasteiger partial charge in [0, 0.05) is 58.6 Å². The van der Waals surface area contributed by atoms with E-state index >= 15 is 0 Å². The molecule has 0 spiro atoms. The first kappa shape index (κ1) is 107. The van der Waals surface area contributed by atoms with Gasteiger partial charge in [-0.2, -0.15) is 0 Å². The molecular formula is C114H180N2O8. The minimum absolute atomic E-state index is 0.0870. The number of rotatable bonds is 82. The summed E-state index contributed by atoms with van der Waals surface area (Å²) < 4.78 is 42.4. The molecule has 2 amide bonds. The Labute approximate surface area is 760 Å². The van der Waals surface area contributed by atoms with E-state index in [0.29, 0.717) is 39.6 Å². The summed E-state index contributed by atoms with van der Waals surface area (Å²) in [5, 5.41) is 5.87. The smallest absolute Gasteiger partial charge is 0.221 e. The number of anilines is 2. The van der Waals surface area contributed by atoms with Crippen LogP contribution in [0, 0.1) is 0 Å². The number of carbonyl (C=O) groups excluding carboxylic acids is 2. The van der Waals surface area contributed by atoms with Crippen molar-refractivity contribution in [1.29, 1.82) is 0 Å². The molecule has 5 aromatic carbocycles. The fraction of sp³-hybridized carbons (Fsp3) is 0.649. The summed E-state index contributed by atoms with van der Waals surface area (Å²) in [4.78, 5) is 24.1. The molecule has 5 rings (SSSR count). The Bertz CT molecular complexity index is 3340. The summed E-state index contributed by atoms with van der Waals surface area (Å²) in [7, 11) is 0. The van der Waals surface area contributed by atoms with Crippen LogP contribution in [0.15, 0.2) is 84.9 Å². The van der Waals surface area contributed by atoms with Crippen molar-refractivity contribution in [3.05, 3.63) is 129 Å². The fourth-order valence-electron chi connectivity index (χ4n) is 16.4. The van der Waals surface area contributed by atoms with E-state index in [1.165, 1.54) is 308 Å². The number of ether oxygens (including phenoxy) is 6. The highest BCUT2D eigenvalue weighted by Crippen LogP contribution is 2.39. The zero-order valence-corrected chi connectivity index (χ0v) is 80.6. The van der Waals surface area contributed by atoms with Crippen LogP contribution in [-0.4, -0.2) is 51.5 Å². The van der Waals surface area contributed by atoms with Gasteiger partial charge in [0.1, 0.15) is 34.5 Å². The Kier molecular flexibility index (Phi) is 64.8. The number of nitrogens with one attached hydrogen (secondary N) is 2. The zero-order chi connectivity index (χ0) is 88.3. The molecule has 0 aromatic heterocycles. The highest BCUT2D eigenvalue weighted by Gasteiger charge is 2.17. The fourth-order valence-corrected chi connectivity index (χ4v) is 16.4. The van der Waals surface area contributed by atoms with Crippen molar-refractivity contribution >= 4 is 71.8 Å². The average Bonchev–Trinajstić information content (AvgIpc) is 0.811. The summed E-state index contributed by atoms with van der Waals surface area (Å²) in [5.41, 5.74) is 9.33. The number of carbonyl (C=O) groups is 2. The summed E-state index contributed by atoms with van der Waals surface area (Å²) >= 11 is 0. The standard InChI is InChI=1S/C114H180N2O8/c1-9-15-21-27-33-39-45-51-57-63-85-119-109-93-103(111(121-87-65-59-53-47-41-35-29-23-17-11-3)91-101(109)75-69-99-71-81-107(82-72-99)115-97(7)117)77-79-105-95-114(124-90-68-62-56-50-44-38-32-26-20-14-6)106(96-113(105)123-89-67-61-55-49-43-37-31-25-19-13-5)80-78-104-94-110(120-86-64-58-52-46-40-34-28-22-16-10-2)102(76-70-100-73-83-108(84-74-100)116-98(8)118)92-112(104)122-88-66-60-54-48-42-36-30-24-18-12-4/h69-84,91-96H,9-68,85-90H2,1-8H3,(H,115,117)(H,116,118)/b75-69+,76-70+,79-77+,80-78+. The maximum Gasteiger partial charge on any atom is 0.221 e. The number of benzene rings is 5. The summed E-state index contributed by atoms with van der Waals surface area (Å²) in [6.45, 7) is 20.6. The van der Waals surface area contributed by atoms with Crippen LogP contribution < -0.4 is 39.1 Å². The quantitative estimate of drug-likeness (QED) is 0.0292. The van der Waals surface area contributed by atoms with Crippen LogP contribution in [0.3, 0.4) is 0 Å². The molecule has 0 unspecified atom stereocenters. The molecule has 0 saturated carbocycles. The third-order valence-corrected chi connectivity index (χ3v) is 24.2. The number of amides is 2. The van der Waals surface area contributed by atoms with Crippen LogP contribution in [0.5, 0.6) is 34.5 Å². The van der Waals surface area contributed by atoms with Gasteiger partial charge in [0.05, 0.1) is 39.6 Å². The SMILES string of the molecule is CCCCCCCCCCCCOc1cc(/C=C/c2cc(OCCCCCCCCCCCC)c(/C=C/c3cc(OCCCCCCCCCCCC)c(/C=C/c4ccc(NC(C)=O)cc4)cc3OCCCCCCCCCCCC)cc2OCCCCCCCCCCCC)c(OCCCCCCCCCCCC)cc1/C=C/c1ccc(NC(C)=O)cc1. The molecule has 0 bridgehead atoms. The first-order valence-corrected chi connectivity index (χ1v) is 51.9. The Morgan fingerprint density at radius 1 is 0.202 bits per heavy atom. The maximum absolute atomic E-state index is 12.0. The molecule has 0 saturated heterocycles. The largest absolute Gasteiger partial charge is 0.493 e. The molecule has 0 aliphatic carbocycles. The molecule has 0 atom stereocenters. The molecule has 694 valence electrons. The zero-order valence-electron chi connectivity index (χ0n) is 80.6. The predicted molar refractivity (Wildman–Crippen MR) is 541 cm³/mol. The van der Waals surface area contributed by atoms with Gasteiger partial charge in [0.25, 0.3) is 0 Å². The lowest BCUT2D eigenvalue weighted by Gasteiger charge is -2.17. The highest BCUT2D eigenvalue weighted by molar-refractivity contribution is 5.90. The van der Waals surface area contributed by atoms with Crippen molar-refractivity contribution in [2.24, 2.45) is 0 Å². The van der Waals surface area contributed by atoms with E-state index < -0.39 is 0 Å². The van der Waals surface area contributed by atoms with Crippen molar-refractivity contribution in [1.82, 2.24) is 0 Å². The van der Waals surface area contributed by atoms with Gasteiger partial charge in [0.15, 0.2) is 0 Å².